The SMILES string of the molecule is CCOC1CCc2cc(CCCCC3CCN(C(=O)OC(C)(C)C)CC3)ccc2C1. The van der Waals surface area contributed by atoms with Crippen LogP contribution in [0.1, 0.15) is 82.9 Å². The molecule has 1 unspecified atom stereocenters. The van der Waals surface area contributed by atoms with E-state index in [0.717, 1.165) is 57.7 Å². The van der Waals surface area contributed by atoms with Gasteiger partial charge in [0, 0.05) is 19.7 Å². The monoisotopic (exact) mass is 415 g/mol. The fraction of sp³-hybridized carbons (Fsp3) is 0.731. The van der Waals surface area contributed by atoms with Gasteiger partial charge >= 0.3 is 6.09 Å². The maximum atomic E-state index is 12.2. The maximum absolute atomic E-state index is 12.2. The predicted molar refractivity (Wildman–Crippen MR) is 122 cm³/mol. The summed E-state index contributed by atoms with van der Waals surface area (Å²) in [5.41, 5.74) is 4.11. The lowest BCUT2D eigenvalue weighted by Crippen LogP contribution is -2.41. The number of unbranched alkanes of at least 4 members (excludes halogenated alkanes) is 1. The third-order valence-corrected chi connectivity index (χ3v) is 6.45. The molecule has 1 aromatic carbocycles. The van der Waals surface area contributed by atoms with Crippen molar-refractivity contribution in [2.45, 2.75) is 97.2 Å². The number of rotatable bonds is 7. The highest BCUT2D eigenvalue weighted by Crippen LogP contribution is 2.27. The molecule has 1 aromatic rings. The number of ether oxygens (including phenoxy) is 2. The molecule has 0 N–H and O–H groups in total. The van der Waals surface area contributed by atoms with Crippen LogP contribution in [0.4, 0.5) is 4.79 Å². The molecular formula is C26H41NO3. The minimum absolute atomic E-state index is 0.152. The zero-order valence-corrected chi connectivity index (χ0v) is 19.5. The first-order valence-corrected chi connectivity index (χ1v) is 12.0. The van der Waals surface area contributed by atoms with Gasteiger partial charge in [-0.1, -0.05) is 31.0 Å². The van der Waals surface area contributed by atoms with Gasteiger partial charge < -0.3 is 14.4 Å². The van der Waals surface area contributed by atoms with Crippen LogP contribution in [0.25, 0.3) is 0 Å². The van der Waals surface area contributed by atoms with Crippen LogP contribution in [0.5, 0.6) is 0 Å². The van der Waals surface area contributed by atoms with Gasteiger partial charge in [0.15, 0.2) is 0 Å². The van der Waals surface area contributed by atoms with Gasteiger partial charge in [0.25, 0.3) is 0 Å². The van der Waals surface area contributed by atoms with Gasteiger partial charge in [0.2, 0.25) is 0 Å². The molecule has 2 aliphatic rings. The number of hydrogen-bond donors (Lipinski definition) is 0. The summed E-state index contributed by atoms with van der Waals surface area (Å²) in [5.74, 6) is 0.753. The number of benzene rings is 1. The van der Waals surface area contributed by atoms with Gasteiger partial charge in [-0.3, -0.25) is 0 Å². The molecule has 1 fully saturated rings. The Morgan fingerprint density at radius 1 is 1.10 bits per heavy atom. The van der Waals surface area contributed by atoms with Crippen molar-refractivity contribution < 1.29 is 14.3 Å². The number of aryl methyl sites for hydroxylation is 2. The summed E-state index contributed by atoms with van der Waals surface area (Å²) in [6, 6.07) is 7.10. The van der Waals surface area contributed by atoms with Crippen molar-refractivity contribution in [3.63, 3.8) is 0 Å². The zero-order chi connectivity index (χ0) is 21.6. The highest BCUT2D eigenvalue weighted by molar-refractivity contribution is 5.68. The predicted octanol–water partition coefficient (Wildman–Crippen LogP) is 5.94. The van der Waals surface area contributed by atoms with Gasteiger partial charge in [-0.05, 0) is 95.2 Å². The summed E-state index contributed by atoms with van der Waals surface area (Å²) in [5, 5.41) is 0. The average Bonchev–Trinajstić information content (AvgIpc) is 2.70. The van der Waals surface area contributed by atoms with E-state index in [1.807, 2.05) is 25.7 Å². The van der Waals surface area contributed by atoms with E-state index in [1.54, 1.807) is 0 Å². The lowest BCUT2D eigenvalue weighted by Gasteiger charge is -2.33. The molecular weight excluding hydrogens is 374 g/mol. The third kappa shape index (κ3) is 7.01. The van der Waals surface area contributed by atoms with Gasteiger partial charge in [-0.25, -0.2) is 4.79 Å². The third-order valence-electron chi connectivity index (χ3n) is 6.45. The number of likely N-dealkylation sites (tertiary alicyclic amines) is 1. The topological polar surface area (TPSA) is 38.8 Å². The molecule has 0 spiro atoms. The summed E-state index contributed by atoms with van der Waals surface area (Å²) >= 11 is 0. The van der Waals surface area contributed by atoms with Crippen molar-refractivity contribution in [1.29, 1.82) is 0 Å². The minimum atomic E-state index is -0.407. The van der Waals surface area contributed by atoms with Crippen molar-refractivity contribution >= 4 is 6.09 Å². The molecule has 0 aromatic heterocycles. The summed E-state index contributed by atoms with van der Waals surface area (Å²) in [4.78, 5) is 14.1. The normalized spacial score (nSPS) is 20.1. The van der Waals surface area contributed by atoms with Crippen molar-refractivity contribution in [3.05, 3.63) is 34.9 Å². The number of carbonyl (C=O) groups excluding carboxylic acids is 1. The standard InChI is InChI=1S/C26H41NO3/c1-5-29-24-13-12-22-18-21(10-11-23(22)19-24)9-7-6-8-20-14-16-27(17-15-20)25(28)30-26(2,3)4/h10-11,18,20,24H,5-9,12-17,19H2,1-4H3. The maximum Gasteiger partial charge on any atom is 0.410 e. The Morgan fingerprint density at radius 2 is 1.87 bits per heavy atom. The van der Waals surface area contributed by atoms with E-state index in [4.69, 9.17) is 9.47 Å². The van der Waals surface area contributed by atoms with Crippen LogP contribution in [0.3, 0.4) is 0 Å². The highest BCUT2D eigenvalue weighted by Gasteiger charge is 2.26. The molecule has 4 heteroatoms. The summed E-state index contributed by atoms with van der Waals surface area (Å²) in [7, 11) is 0. The fourth-order valence-corrected chi connectivity index (χ4v) is 4.80. The van der Waals surface area contributed by atoms with E-state index in [9.17, 15) is 4.79 Å². The van der Waals surface area contributed by atoms with Gasteiger partial charge in [-0.15, -0.1) is 0 Å². The number of piperidine rings is 1. The Bertz CT molecular complexity index is 686. The Morgan fingerprint density at radius 3 is 2.57 bits per heavy atom. The van der Waals surface area contributed by atoms with Gasteiger partial charge in [0.1, 0.15) is 5.60 Å². The van der Waals surface area contributed by atoms with Crippen molar-refractivity contribution in [2.75, 3.05) is 19.7 Å². The molecule has 168 valence electrons. The second kappa shape index (κ2) is 10.7. The summed E-state index contributed by atoms with van der Waals surface area (Å²) in [6.07, 6.45) is 10.9. The molecule has 1 aliphatic carbocycles. The van der Waals surface area contributed by atoms with Crippen molar-refractivity contribution in [1.82, 2.24) is 4.90 Å². The Kier molecular flexibility index (Phi) is 8.21. The van der Waals surface area contributed by atoms with E-state index < -0.39 is 5.60 Å². The number of carbonyl (C=O) groups is 1. The second-order valence-corrected chi connectivity index (χ2v) is 10.1. The quantitative estimate of drug-likeness (QED) is 0.517. The number of hydrogen-bond acceptors (Lipinski definition) is 3. The van der Waals surface area contributed by atoms with Crippen LogP contribution in [0, 0.1) is 5.92 Å². The molecule has 3 rings (SSSR count). The van der Waals surface area contributed by atoms with Crippen LogP contribution < -0.4 is 0 Å². The molecule has 30 heavy (non-hydrogen) atoms. The number of fused-ring (bicyclic) bond motifs is 1. The van der Waals surface area contributed by atoms with E-state index in [1.165, 1.54) is 42.4 Å². The highest BCUT2D eigenvalue weighted by atomic mass is 16.6. The molecule has 1 aliphatic heterocycles. The summed E-state index contributed by atoms with van der Waals surface area (Å²) < 4.78 is 11.3. The molecule has 4 nitrogen and oxygen atoms in total. The van der Waals surface area contributed by atoms with Crippen molar-refractivity contribution in [2.24, 2.45) is 5.92 Å². The second-order valence-electron chi connectivity index (χ2n) is 10.1. The zero-order valence-electron chi connectivity index (χ0n) is 19.5. The molecule has 1 saturated heterocycles. The van der Waals surface area contributed by atoms with E-state index >= 15 is 0 Å². The molecule has 0 saturated carbocycles. The van der Waals surface area contributed by atoms with Crippen LogP contribution >= 0.6 is 0 Å². The fourth-order valence-electron chi connectivity index (χ4n) is 4.80. The van der Waals surface area contributed by atoms with E-state index in [0.29, 0.717) is 6.10 Å². The lowest BCUT2D eigenvalue weighted by atomic mass is 9.87. The summed E-state index contributed by atoms with van der Waals surface area (Å²) in [6.45, 7) is 10.4. The molecule has 1 amide bonds. The largest absolute Gasteiger partial charge is 0.444 e. The molecule has 0 radical (unpaired) electrons. The first-order valence-electron chi connectivity index (χ1n) is 12.0. The first kappa shape index (κ1) is 23.1. The number of nitrogens with zero attached hydrogens (tertiary/aromatic N) is 1. The van der Waals surface area contributed by atoms with E-state index in [-0.39, 0.29) is 6.09 Å². The Balaban J connectivity index is 1.34. The average molecular weight is 416 g/mol. The van der Waals surface area contributed by atoms with Crippen molar-refractivity contribution in [3.8, 4) is 0 Å². The van der Waals surface area contributed by atoms with Gasteiger partial charge in [-0.2, -0.15) is 0 Å². The minimum Gasteiger partial charge on any atom is -0.444 e. The lowest BCUT2D eigenvalue weighted by molar-refractivity contribution is 0.0180. The number of amides is 1. The van der Waals surface area contributed by atoms with E-state index in [2.05, 4.69) is 25.1 Å². The van der Waals surface area contributed by atoms with Gasteiger partial charge in [0.05, 0.1) is 6.10 Å². The van der Waals surface area contributed by atoms with Crippen LogP contribution in [-0.4, -0.2) is 42.4 Å². The Labute approximate surface area is 183 Å². The smallest absolute Gasteiger partial charge is 0.410 e. The molecule has 1 atom stereocenters. The molecule has 1 heterocycles. The first-order chi connectivity index (χ1) is 14.3. The van der Waals surface area contributed by atoms with Crippen LogP contribution in [0.15, 0.2) is 18.2 Å². The molecule has 0 bridgehead atoms. The van der Waals surface area contributed by atoms with Crippen LogP contribution in [-0.2, 0) is 28.7 Å². The van der Waals surface area contributed by atoms with Crippen LogP contribution in [0.2, 0.25) is 0 Å². The Hall–Kier alpha value is -1.55.